The molecule has 0 spiro atoms. The molecule has 0 saturated carbocycles. The maximum atomic E-state index is 6.65. The van der Waals surface area contributed by atoms with E-state index >= 15 is 0 Å². The van der Waals surface area contributed by atoms with Crippen molar-refractivity contribution in [2.45, 2.75) is 0 Å². The van der Waals surface area contributed by atoms with Crippen molar-refractivity contribution in [1.29, 1.82) is 0 Å². The molecule has 4 nitrogen and oxygen atoms in total. The number of benzene rings is 11. The average molecular weight is 878 g/mol. The molecule has 0 atom stereocenters. The second-order valence-corrected chi connectivity index (χ2v) is 17.9. The normalized spacial score (nSPS) is 11.8. The van der Waals surface area contributed by atoms with Gasteiger partial charge in [0.25, 0.3) is 0 Å². The van der Waals surface area contributed by atoms with Gasteiger partial charge in [-0.1, -0.05) is 176 Å². The number of furan rings is 1. The van der Waals surface area contributed by atoms with Crippen LogP contribution in [0.25, 0.3) is 143 Å². The van der Waals surface area contributed by atoms with Gasteiger partial charge in [0.05, 0.1) is 34.3 Å². The summed E-state index contributed by atoms with van der Waals surface area (Å²) in [5, 5.41) is 11.5. The summed E-state index contributed by atoms with van der Waals surface area (Å²) in [6, 6.07) is 81.9. The highest BCUT2D eigenvalue weighted by molar-refractivity contribution is 6.23. The molecule has 0 radical (unpaired) electrons. The van der Waals surface area contributed by atoms with E-state index in [9.17, 15) is 0 Å². The van der Waals surface area contributed by atoms with Crippen molar-refractivity contribution >= 4 is 76.1 Å². The van der Waals surface area contributed by atoms with Crippen LogP contribution in [0.3, 0.4) is 0 Å². The molecule has 3 aromatic heterocycles. The largest absolute Gasteiger partial charge is 0.456 e. The van der Waals surface area contributed by atoms with Gasteiger partial charge in [0.2, 0.25) is 0 Å². The molecule has 69 heavy (non-hydrogen) atoms. The number of pyridine rings is 1. The highest BCUT2D eigenvalue weighted by Crippen LogP contribution is 2.43. The monoisotopic (exact) mass is 877 g/mol. The summed E-state index contributed by atoms with van der Waals surface area (Å²) in [5.41, 5.74) is 15.6. The fraction of sp³-hybridized carbons (Fsp3) is 0. The lowest BCUT2D eigenvalue weighted by Crippen LogP contribution is -1.95. The molecule has 0 fully saturated rings. The molecule has 0 bridgehead atoms. The van der Waals surface area contributed by atoms with E-state index in [2.05, 4.69) is 224 Å². The van der Waals surface area contributed by atoms with Crippen LogP contribution in [0.15, 0.2) is 241 Å². The van der Waals surface area contributed by atoms with Crippen molar-refractivity contribution in [1.82, 2.24) is 15.0 Å². The molecule has 0 unspecified atom stereocenters. The Morgan fingerprint density at radius 3 is 1.59 bits per heavy atom. The zero-order chi connectivity index (χ0) is 45.4. The molecule has 0 aliphatic carbocycles. The Bertz CT molecular complexity index is 4330. The zero-order valence-corrected chi connectivity index (χ0v) is 37.3. The zero-order valence-electron chi connectivity index (χ0n) is 37.3. The minimum atomic E-state index is 0.792. The van der Waals surface area contributed by atoms with Crippen molar-refractivity contribution in [3.8, 4) is 67.2 Å². The van der Waals surface area contributed by atoms with Gasteiger partial charge >= 0.3 is 0 Å². The summed E-state index contributed by atoms with van der Waals surface area (Å²) in [6.45, 7) is 0. The van der Waals surface area contributed by atoms with E-state index in [1.807, 2.05) is 12.3 Å². The molecular formula is C65H39N3O. The molecular weight excluding hydrogens is 839 g/mol. The van der Waals surface area contributed by atoms with Crippen LogP contribution in [0.1, 0.15) is 0 Å². The van der Waals surface area contributed by atoms with E-state index in [0.717, 1.165) is 116 Å². The van der Waals surface area contributed by atoms with Crippen LogP contribution in [-0.2, 0) is 0 Å². The van der Waals surface area contributed by atoms with Crippen molar-refractivity contribution in [2.24, 2.45) is 0 Å². The van der Waals surface area contributed by atoms with Gasteiger partial charge in [-0.25, -0.2) is 9.97 Å². The number of hydrogen-bond donors (Lipinski definition) is 0. The number of hydrogen-bond acceptors (Lipinski definition) is 4. The molecule has 3 heterocycles. The van der Waals surface area contributed by atoms with E-state index in [1.54, 1.807) is 0 Å². The number of rotatable bonds is 6. The van der Waals surface area contributed by atoms with Crippen LogP contribution in [0.2, 0.25) is 0 Å². The quantitative estimate of drug-likeness (QED) is 0.156. The summed E-state index contributed by atoms with van der Waals surface area (Å²) in [5.74, 6) is 0. The Balaban J connectivity index is 1.01. The predicted octanol–water partition coefficient (Wildman–Crippen LogP) is 17.5. The topological polar surface area (TPSA) is 51.8 Å². The van der Waals surface area contributed by atoms with E-state index < -0.39 is 0 Å². The molecule has 11 aromatic carbocycles. The van der Waals surface area contributed by atoms with Gasteiger partial charge in [-0.2, -0.15) is 0 Å². The molecule has 0 aliphatic heterocycles. The first kappa shape index (κ1) is 39.0. The van der Waals surface area contributed by atoms with Gasteiger partial charge in [-0.3, -0.25) is 4.98 Å². The fourth-order valence-electron chi connectivity index (χ4n) is 10.6. The molecule has 14 aromatic rings. The second kappa shape index (κ2) is 15.7. The lowest BCUT2D eigenvalue weighted by atomic mass is 9.90. The third kappa shape index (κ3) is 6.49. The Morgan fingerprint density at radius 1 is 0.275 bits per heavy atom. The maximum Gasteiger partial charge on any atom is 0.136 e. The lowest BCUT2D eigenvalue weighted by molar-refractivity contribution is 0.669. The highest BCUT2D eigenvalue weighted by Gasteiger charge is 2.19. The highest BCUT2D eigenvalue weighted by atomic mass is 16.3. The number of nitrogens with zero attached hydrogens (tertiary/aromatic N) is 3. The Kier molecular flexibility index (Phi) is 8.86. The van der Waals surface area contributed by atoms with Crippen molar-refractivity contribution in [3.63, 3.8) is 0 Å². The van der Waals surface area contributed by atoms with Crippen LogP contribution in [0, 0.1) is 0 Å². The van der Waals surface area contributed by atoms with Crippen LogP contribution in [-0.4, -0.2) is 15.0 Å². The minimum absolute atomic E-state index is 0.792. The maximum absolute atomic E-state index is 6.65. The van der Waals surface area contributed by atoms with Crippen LogP contribution in [0.4, 0.5) is 0 Å². The second-order valence-electron chi connectivity index (χ2n) is 17.9. The van der Waals surface area contributed by atoms with E-state index in [0.29, 0.717) is 0 Å². The number of fused-ring (bicyclic) bond motifs is 12. The molecule has 0 saturated heterocycles. The van der Waals surface area contributed by atoms with Crippen LogP contribution >= 0.6 is 0 Å². The first-order valence-corrected chi connectivity index (χ1v) is 23.4. The van der Waals surface area contributed by atoms with Gasteiger partial charge in [0.15, 0.2) is 0 Å². The molecule has 0 amide bonds. The third-order valence-corrected chi connectivity index (χ3v) is 13.8. The third-order valence-electron chi connectivity index (χ3n) is 13.8. The predicted molar refractivity (Wildman–Crippen MR) is 287 cm³/mol. The molecule has 0 N–H and O–H groups in total. The van der Waals surface area contributed by atoms with Crippen molar-refractivity contribution < 1.29 is 4.42 Å². The minimum Gasteiger partial charge on any atom is -0.456 e. The molecule has 14 rings (SSSR count). The lowest BCUT2D eigenvalue weighted by Gasteiger charge is -2.16. The summed E-state index contributed by atoms with van der Waals surface area (Å²) < 4.78 is 6.65. The van der Waals surface area contributed by atoms with Crippen molar-refractivity contribution in [3.05, 3.63) is 237 Å². The summed E-state index contributed by atoms with van der Waals surface area (Å²) in [7, 11) is 0. The average Bonchev–Trinajstić information content (AvgIpc) is 3.81. The van der Waals surface area contributed by atoms with Gasteiger partial charge in [-0.05, 0) is 120 Å². The molecule has 4 heteroatoms. The Morgan fingerprint density at radius 2 is 0.855 bits per heavy atom. The first-order valence-electron chi connectivity index (χ1n) is 23.4. The van der Waals surface area contributed by atoms with E-state index in [1.165, 1.54) is 26.9 Å². The number of aromatic nitrogens is 3. The Labute approximate surface area is 397 Å². The van der Waals surface area contributed by atoms with Crippen LogP contribution < -0.4 is 0 Å². The Hall–Kier alpha value is -9.25. The summed E-state index contributed by atoms with van der Waals surface area (Å²) in [4.78, 5) is 16.2. The summed E-state index contributed by atoms with van der Waals surface area (Å²) in [6.07, 6.45) is 1.94. The fourth-order valence-corrected chi connectivity index (χ4v) is 10.6. The van der Waals surface area contributed by atoms with Gasteiger partial charge in [-0.15, -0.1) is 0 Å². The van der Waals surface area contributed by atoms with Gasteiger partial charge in [0.1, 0.15) is 11.2 Å². The van der Waals surface area contributed by atoms with Crippen molar-refractivity contribution in [2.75, 3.05) is 0 Å². The van der Waals surface area contributed by atoms with Crippen LogP contribution in [0.5, 0.6) is 0 Å². The smallest absolute Gasteiger partial charge is 0.136 e. The SMILES string of the molecule is c1ccc(-c2cc(-c3ccc4c(c3)oc3cccc(-c5ccccc5)c34)cc(-c3cc(-c4cnc5c6ccccc6c6ccccc6c5n4)cc(-c4cc5ccccc5c5ccccc45)c3)n2)cc1. The van der Waals surface area contributed by atoms with E-state index in [4.69, 9.17) is 19.4 Å². The summed E-state index contributed by atoms with van der Waals surface area (Å²) >= 11 is 0. The van der Waals surface area contributed by atoms with Gasteiger partial charge in [0, 0.05) is 38.2 Å². The van der Waals surface area contributed by atoms with Gasteiger partial charge < -0.3 is 4.42 Å². The molecule has 0 aliphatic rings. The standard InChI is InChI=1S/C65H39N3O/c1-3-16-40(17-4-1)49-28-15-29-61-63(49)56-31-30-42(38-62(56)69-61)44-36-58(41-18-5-2-6-19-41)67-59(37-44)46-32-45(57-35-43-20-7-8-21-48(43)50-22-9-10-25-53(50)57)33-47(34-46)60-39-66-64-54-26-13-11-23-51(54)52-24-12-14-27-55(52)65(64)68-60/h1-39H. The molecule has 320 valence electrons. The first-order chi connectivity index (χ1) is 34.2. The van der Waals surface area contributed by atoms with E-state index in [-0.39, 0.29) is 0 Å².